The highest BCUT2D eigenvalue weighted by Crippen LogP contribution is 2.24. The van der Waals surface area contributed by atoms with E-state index in [2.05, 4.69) is 28.8 Å². The van der Waals surface area contributed by atoms with Gasteiger partial charge in [-0.05, 0) is 30.5 Å². The van der Waals surface area contributed by atoms with Crippen molar-refractivity contribution in [3.8, 4) is 5.75 Å². The smallest absolute Gasteiger partial charge is 0.223 e. The third-order valence-corrected chi connectivity index (χ3v) is 4.34. The summed E-state index contributed by atoms with van der Waals surface area (Å²) in [7, 11) is 0. The molecule has 0 saturated carbocycles. The molecule has 0 spiro atoms. The highest BCUT2D eigenvalue weighted by Gasteiger charge is 2.28. The van der Waals surface area contributed by atoms with E-state index in [4.69, 9.17) is 4.74 Å². The standard InChI is InChI=1S/C18H22N2O2.ClH/c1-13(15-11-19-12-15)18(21)20-9-10-22-17-8-4-6-14-5-2-3-7-16(14)17;/h2-8,13,15,19H,9-12H2,1H3,(H,20,21);1H. The van der Waals surface area contributed by atoms with Gasteiger partial charge in [0.2, 0.25) is 5.91 Å². The summed E-state index contributed by atoms with van der Waals surface area (Å²) >= 11 is 0. The van der Waals surface area contributed by atoms with Crippen LogP contribution in [-0.4, -0.2) is 32.1 Å². The van der Waals surface area contributed by atoms with Crippen LogP contribution in [0, 0.1) is 11.8 Å². The van der Waals surface area contributed by atoms with Crippen molar-refractivity contribution in [3.63, 3.8) is 0 Å². The number of fused-ring (bicyclic) bond motifs is 1. The topological polar surface area (TPSA) is 50.4 Å². The van der Waals surface area contributed by atoms with E-state index in [1.165, 1.54) is 0 Å². The Bertz CT molecular complexity index is 653. The van der Waals surface area contributed by atoms with Crippen molar-refractivity contribution in [2.45, 2.75) is 6.92 Å². The number of rotatable bonds is 6. The first-order valence-corrected chi connectivity index (χ1v) is 7.84. The Morgan fingerprint density at radius 1 is 1.26 bits per heavy atom. The van der Waals surface area contributed by atoms with Gasteiger partial charge in [0.1, 0.15) is 12.4 Å². The van der Waals surface area contributed by atoms with Crippen molar-refractivity contribution in [2.75, 3.05) is 26.2 Å². The van der Waals surface area contributed by atoms with Gasteiger partial charge in [-0.3, -0.25) is 4.79 Å². The van der Waals surface area contributed by atoms with Crippen LogP contribution >= 0.6 is 12.4 Å². The number of carbonyl (C=O) groups excluding carboxylic acids is 1. The summed E-state index contributed by atoms with van der Waals surface area (Å²) in [5.74, 6) is 1.52. The zero-order valence-corrected chi connectivity index (χ0v) is 14.1. The first-order valence-electron chi connectivity index (χ1n) is 7.84. The number of carbonyl (C=O) groups is 1. The van der Waals surface area contributed by atoms with E-state index in [0.717, 1.165) is 29.6 Å². The van der Waals surface area contributed by atoms with Gasteiger partial charge in [0, 0.05) is 11.3 Å². The first-order chi connectivity index (χ1) is 10.8. The van der Waals surface area contributed by atoms with Gasteiger partial charge in [-0.1, -0.05) is 43.3 Å². The van der Waals surface area contributed by atoms with Gasteiger partial charge in [-0.25, -0.2) is 0 Å². The molecule has 0 bridgehead atoms. The Morgan fingerprint density at radius 3 is 2.74 bits per heavy atom. The molecule has 1 heterocycles. The normalized spacial score (nSPS) is 15.3. The lowest BCUT2D eigenvalue weighted by Gasteiger charge is -2.31. The number of hydrogen-bond acceptors (Lipinski definition) is 3. The Hall–Kier alpha value is -1.78. The predicted molar refractivity (Wildman–Crippen MR) is 95.2 cm³/mol. The molecule has 2 N–H and O–H groups in total. The highest BCUT2D eigenvalue weighted by atomic mass is 35.5. The second-order valence-electron chi connectivity index (χ2n) is 5.82. The fourth-order valence-electron chi connectivity index (χ4n) is 2.70. The molecule has 0 aliphatic carbocycles. The van der Waals surface area contributed by atoms with Gasteiger partial charge in [-0.2, -0.15) is 0 Å². The van der Waals surface area contributed by atoms with Gasteiger partial charge in [-0.15, -0.1) is 12.4 Å². The Morgan fingerprint density at radius 2 is 2.00 bits per heavy atom. The van der Waals surface area contributed by atoms with E-state index in [0.29, 0.717) is 19.1 Å². The Kier molecular flexibility index (Phi) is 6.25. The van der Waals surface area contributed by atoms with Gasteiger partial charge in [0.05, 0.1) is 6.54 Å². The molecule has 124 valence electrons. The molecular weight excluding hydrogens is 312 g/mol. The zero-order chi connectivity index (χ0) is 15.4. The van der Waals surface area contributed by atoms with E-state index in [-0.39, 0.29) is 24.2 Å². The molecule has 1 amide bonds. The molecule has 0 aromatic heterocycles. The van der Waals surface area contributed by atoms with Crippen molar-refractivity contribution >= 4 is 29.1 Å². The molecule has 1 aliphatic rings. The van der Waals surface area contributed by atoms with Crippen molar-refractivity contribution in [2.24, 2.45) is 11.8 Å². The van der Waals surface area contributed by atoms with Gasteiger partial charge < -0.3 is 15.4 Å². The van der Waals surface area contributed by atoms with Crippen LogP contribution in [0.25, 0.3) is 10.8 Å². The molecule has 1 saturated heterocycles. The van der Waals surface area contributed by atoms with E-state index < -0.39 is 0 Å². The minimum atomic E-state index is 0. The summed E-state index contributed by atoms with van der Waals surface area (Å²) in [6.07, 6.45) is 0. The van der Waals surface area contributed by atoms with Crippen LogP contribution in [0.3, 0.4) is 0 Å². The minimum Gasteiger partial charge on any atom is -0.491 e. The molecule has 23 heavy (non-hydrogen) atoms. The van der Waals surface area contributed by atoms with Gasteiger partial charge in [0.25, 0.3) is 0 Å². The van der Waals surface area contributed by atoms with E-state index in [9.17, 15) is 4.79 Å². The summed E-state index contributed by atoms with van der Waals surface area (Å²) in [6, 6.07) is 14.2. The van der Waals surface area contributed by atoms with Crippen LogP contribution in [0.2, 0.25) is 0 Å². The molecule has 1 aliphatic heterocycles. The van der Waals surface area contributed by atoms with E-state index >= 15 is 0 Å². The fourth-order valence-corrected chi connectivity index (χ4v) is 2.70. The third kappa shape index (κ3) is 4.15. The van der Waals surface area contributed by atoms with Crippen molar-refractivity contribution < 1.29 is 9.53 Å². The first kappa shape index (κ1) is 17.6. The Balaban J connectivity index is 0.00000192. The van der Waals surface area contributed by atoms with Gasteiger partial charge in [0.15, 0.2) is 0 Å². The molecular formula is C18H23ClN2O2. The molecule has 3 rings (SSSR count). The summed E-state index contributed by atoms with van der Waals surface area (Å²) in [6.45, 7) is 4.90. The maximum absolute atomic E-state index is 12.0. The minimum absolute atomic E-state index is 0. The largest absolute Gasteiger partial charge is 0.491 e. The predicted octanol–water partition coefficient (Wildman–Crippen LogP) is 2.61. The third-order valence-electron chi connectivity index (χ3n) is 4.34. The summed E-state index contributed by atoms with van der Waals surface area (Å²) < 4.78 is 5.82. The van der Waals surface area contributed by atoms with Gasteiger partial charge >= 0.3 is 0 Å². The average molecular weight is 335 g/mol. The van der Waals surface area contributed by atoms with Crippen LogP contribution in [-0.2, 0) is 4.79 Å². The average Bonchev–Trinajstić information content (AvgIpc) is 2.49. The van der Waals surface area contributed by atoms with Crippen LogP contribution < -0.4 is 15.4 Å². The quantitative estimate of drug-likeness (QED) is 0.798. The molecule has 1 unspecified atom stereocenters. The summed E-state index contributed by atoms with van der Waals surface area (Å²) in [4.78, 5) is 12.0. The fraction of sp³-hybridized carbons (Fsp3) is 0.389. The monoisotopic (exact) mass is 334 g/mol. The lowest BCUT2D eigenvalue weighted by molar-refractivity contribution is -0.126. The van der Waals surface area contributed by atoms with Crippen molar-refractivity contribution in [1.82, 2.24) is 10.6 Å². The maximum Gasteiger partial charge on any atom is 0.223 e. The van der Waals surface area contributed by atoms with Crippen LogP contribution in [0.15, 0.2) is 42.5 Å². The van der Waals surface area contributed by atoms with Crippen molar-refractivity contribution in [1.29, 1.82) is 0 Å². The van der Waals surface area contributed by atoms with E-state index in [1.807, 2.05) is 31.2 Å². The number of halogens is 1. The van der Waals surface area contributed by atoms with Crippen LogP contribution in [0.5, 0.6) is 5.75 Å². The second kappa shape index (κ2) is 8.18. The molecule has 2 aromatic rings. The SMILES string of the molecule is CC(C(=O)NCCOc1cccc2ccccc12)C1CNC1.Cl. The zero-order valence-electron chi connectivity index (χ0n) is 13.2. The number of hydrogen-bond donors (Lipinski definition) is 2. The molecule has 2 aromatic carbocycles. The number of amides is 1. The number of benzene rings is 2. The lowest BCUT2D eigenvalue weighted by Crippen LogP contribution is -2.49. The van der Waals surface area contributed by atoms with Crippen LogP contribution in [0.1, 0.15) is 6.92 Å². The second-order valence-corrected chi connectivity index (χ2v) is 5.82. The summed E-state index contributed by atoms with van der Waals surface area (Å²) in [5.41, 5.74) is 0. The van der Waals surface area contributed by atoms with Crippen LogP contribution in [0.4, 0.5) is 0 Å². The molecule has 5 heteroatoms. The maximum atomic E-state index is 12.0. The highest BCUT2D eigenvalue weighted by molar-refractivity contribution is 5.88. The summed E-state index contributed by atoms with van der Waals surface area (Å²) in [5, 5.41) is 8.42. The Labute approximate surface area is 143 Å². The molecule has 0 radical (unpaired) electrons. The number of nitrogens with one attached hydrogen (secondary N) is 2. The molecule has 1 fully saturated rings. The van der Waals surface area contributed by atoms with Crippen molar-refractivity contribution in [3.05, 3.63) is 42.5 Å². The molecule has 1 atom stereocenters. The molecule has 4 nitrogen and oxygen atoms in total. The van der Waals surface area contributed by atoms with E-state index in [1.54, 1.807) is 0 Å². The number of ether oxygens (including phenoxy) is 1. The lowest BCUT2D eigenvalue weighted by atomic mass is 9.88.